The van der Waals surface area contributed by atoms with Crippen LogP contribution in [0.4, 0.5) is 5.69 Å². The molecule has 2 aromatic carbocycles. The van der Waals surface area contributed by atoms with Crippen molar-refractivity contribution in [2.45, 2.75) is 11.8 Å². The average Bonchev–Trinajstić information content (AvgIpc) is 2.43. The molecule has 2 rings (SSSR count). The Bertz CT molecular complexity index is 822. The van der Waals surface area contributed by atoms with Gasteiger partial charge in [0.15, 0.2) is 0 Å². The summed E-state index contributed by atoms with van der Waals surface area (Å²) >= 11 is 6.62. The lowest BCUT2D eigenvalue weighted by molar-refractivity contribution is 0.600. The third-order valence-corrected chi connectivity index (χ3v) is 5.62. The molecular formula is C14H10Br2N2O2S. The molecule has 0 fully saturated rings. The highest BCUT2D eigenvalue weighted by atomic mass is 79.9. The van der Waals surface area contributed by atoms with Gasteiger partial charge in [-0.15, -0.1) is 0 Å². The zero-order chi connectivity index (χ0) is 15.6. The molecule has 4 nitrogen and oxygen atoms in total. The maximum absolute atomic E-state index is 12.5. The van der Waals surface area contributed by atoms with Gasteiger partial charge in [-0.3, -0.25) is 4.72 Å². The number of nitriles is 1. The van der Waals surface area contributed by atoms with Gasteiger partial charge in [0.1, 0.15) is 0 Å². The van der Waals surface area contributed by atoms with E-state index in [0.29, 0.717) is 25.8 Å². The van der Waals surface area contributed by atoms with Crippen molar-refractivity contribution in [3.05, 3.63) is 56.5 Å². The van der Waals surface area contributed by atoms with Gasteiger partial charge < -0.3 is 0 Å². The van der Waals surface area contributed by atoms with E-state index in [-0.39, 0.29) is 4.90 Å². The van der Waals surface area contributed by atoms with Crippen LogP contribution in [0, 0.1) is 18.3 Å². The summed E-state index contributed by atoms with van der Waals surface area (Å²) in [4.78, 5) is 0.0872. The van der Waals surface area contributed by atoms with Crippen LogP contribution in [0.2, 0.25) is 0 Å². The Morgan fingerprint density at radius 3 is 2.33 bits per heavy atom. The first-order valence-corrected chi connectivity index (χ1v) is 8.89. The van der Waals surface area contributed by atoms with E-state index in [2.05, 4.69) is 36.6 Å². The van der Waals surface area contributed by atoms with Crippen molar-refractivity contribution in [1.29, 1.82) is 5.26 Å². The van der Waals surface area contributed by atoms with Gasteiger partial charge in [0, 0.05) is 8.95 Å². The normalized spacial score (nSPS) is 11.0. The molecule has 1 N–H and O–H groups in total. The third-order valence-electron chi connectivity index (χ3n) is 2.81. The van der Waals surface area contributed by atoms with E-state index in [1.807, 2.05) is 6.07 Å². The highest BCUT2D eigenvalue weighted by molar-refractivity contribution is 9.11. The largest absolute Gasteiger partial charge is 0.277 e. The molecule has 0 saturated heterocycles. The van der Waals surface area contributed by atoms with Crippen LogP contribution in [-0.2, 0) is 10.0 Å². The standard InChI is InChI=1S/C14H10Br2N2O2S/c1-9-5-6-10(8-17)7-13(9)21(19,20)18-14-11(15)3-2-4-12(14)16/h2-7,18H,1H3. The fourth-order valence-electron chi connectivity index (χ4n) is 1.74. The first kappa shape index (κ1) is 16.0. The molecule has 0 bridgehead atoms. The van der Waals surface area contributed by atoms with Crippen LogP contribution in [0.5, 0.6) is 0 Å². The summed E-state index contributed by atoms with van der Waals surface area (Å²) in [5, 5.41) is 8.92. The second kappa shape index (κ2) is 6.18. The predicted octanol–water partition coefficient (Wildman–Crippen LogP) is 4.19. The van der Waals surface area contributed by atoms with Gasteiger partial charge in [0.25, 0.3) is 10.0 Å². The number of hydrogen-bond donors (Lipinski definition) is 1. The molecule has 0 aromatic heterocycles. The van der Waals surface area contributed by atoms with E-state index < -0.39 is 10.0 Å². The monoisotopic (exact) mass is 428 g/mol. The van der Waals surface area contributed by atoms with Crippen molar-refractivity contribution in [2.75, 3.05) is 4.72 Å². The quantitative estimate of drug-likeness (QED) is 0.794. The lowest BCUT2D eigenvalue weighted by Crippen LogP contribution is -2.15. The summed E-state index contributed by atoms with van der Waals surface area (Å²) in [6, 6.07) is 11.8. The highest BCUT2D eigenvalue weighted by Crippen LogP contribution is 2.32. The molecule has 7 heteroatoms. The Hall–Kier alpha value is -1.36. The lowest BCUT2D eigenvalue weighted by Gasteiger charge is -2.13. The van der Waals surface area contributed by atoms with E-state index in [1.54, 1.807) is 37.3 Å². The smallest absolute Gasteiger partial charge is 0.262 e. The zero-order valence-electron chi connectivity index (χ0n) is 10.9. The first-order valence-electron chi connectivity index (χ1n) is 5.83. The molecule has 0 unspecified atom stereocenters. The molecule has 0 radical (unpaired) electrons. The SMILES string of the molecule is Cc1ccc(C#N)cc1S(=O)(=O)Nc1c(Br)cccc1Br. The number of nitrogens with one attached hydrogen (secondary N) is 1. The summed E-state index contributed by atoms with van der Waals surface area (Å²) in [7, 11) is -3.78. The number of anilines is 1. The number of halogens is 2. The molecule has 0 heterocycles. The molecule has 21 heavy (non-hydrogen) atoms. The first-order chi connectivity index (χ1) is 9.85. The second-order valence-electron chi connectivity index (χ2n) is 4.29. The Morgan fingerprint density at radius 2 is 1.76 bits per heavy atom. The van der Waals surface area contributed by atoms with Gasteiger partial charge in [-0.25, -0.2) is 8.42 Å². The Labute approximate surface area is 140 Å². The average molecular weight is 430 g/mol. The summed E-state index contributed by atoms with van der Waals surface area (Å²) in [5.74, 6) is 0. The third kappa shape index (κ3) is 3.46. The van der Waals surface area contributed by atoms with Crippen molar-refractivity contribution < 1.29 is 8.42 Å². The van der Waals surface area contributed by atoms with Gasteiger partial charge in [0.2, 0.25) is 0 Å². The fourth-order valence-corrected chi connectivity index (χ4v) is 4.58. The second-order valence-corrected chi connectivity index (χ2v) is 7.65. The molecule has 0 spiro atoms. The van der Waals surface area contributed by atoms with Crippen molar-refractivity contribution in [3.8, 4) is 6.07 Å². The van der Waals surface area contributed by atoms with Gasteiger partial charge in [-0.05, 0) is 68.6 Å². The molecule has 0 amide bonds. The molecule has 0 aliphatic rings. The van der Waals surface area contributed by atoms with Crippen LogP contribution in [0.1, 0.15) is 11.1 Å². The lowest BCUT2D eigenvalue weighted by atomic mass is 10.2. The number of benzene rings is 2. The number of rotatable bonds is 3. The fraction of sp³-hybridized carbons (Fsp3) is 0.0714. The van der Waals surface area contributed by atoms with Gasteiger partial charge >= 0.3 is 0 Å². The molecule has 0 saturated carbocycles. The number of sulfonamides is 1. The van der Waals surface area contributed by atoms with Crippen LogP contribution in [-0.4, -0.2) is 8.42 Å². The van der Waals surface area contributed by atoms with Crippen LogP contribution in [0.15, 0.2) is 50.2 Å². The van der Waals surface area contributed by atoms with Crippen LogP contribution in [0.3, 0.4) is 0 Å². The van der Waals surface area contributed by atoms with Gasteiger partial charge in [-0.2, -0.15) is 5.26 Å². The highest BCUT2D eigenvalue weighted by Gasteiger charge is 2.20. The summed E-state index contributed by atoms with van der Waals surface area (Å²) in [6.45, 7) is 1.69. The summed E-state index contributed by atoms with van der Waals surface area (Å²) < 4.78 is 28.8. The molecule has 2 aromatic rings. The topological polar surface area (TPSA) is 70.0 Å². The maximum atomic E-state index is 12.5. The van der Waals surface area contributed by atoms with E-state index in [4.69, 9.17) is 5.26 Å². The minimum atomic E-state index is -3.78. The van der Waals surface area contributed by atoms with Crippen LogP contribution >= 0.6 is 31.9 Å². The van der Waals surface area contributed by atoms with Crippen molar-refractivity contribution in [2.24, 2.45) is 0 Å². The number of para-hydroxylation sites is 1. The zero-order valence-corrected chi connectivity index (χ0v) is 14.9. The molecule has 0 aliphatic heterocycles. The summed E-state index contributed by atoms with van der Waals surface area (Å²) in [6.07, 6.45) is 0. The Kier molecular flexibility index (Phi) is 4.71. The van der Waals surface area contributed by atoms with Crippen molar-refractivity contribution >= 4 is 47.6 Å². The van der Waals surface area contributed by atoms with Crippen molar-refractivity contribution in [3.63, 3.8) is 0 Å². The van der Waals surface area contributed by atoms with E-state index in [1.165, 1.54) is 6.07 Å². The minimum absolute atomic E-state index is 0.0872. The number of hydrogen-bond acceptors (Lipinski definition) is 3. The number of nitrogens with zero attached hydrogens (tertiary/aromatic N) is 1. The van der Waals surface area contributed by atoms with E-state index >= 15 is 0 Å². The molecular weight excluding hydrogens is 420 g/mol. The molecule has 0 atom stereocenters. The number of aryl methyl sites for hydroxylation is 1. The van der Waals surface area contributed by atoms with E-state index in [0.717, 1.165) is 0 Å². The van der Waals surface area contributed by atoms with Crippen LogP contribution in [0.25, 0.3) is 0 Å². The minimum Gasteiger partial charge on any atom is -0.277 e. The van der Waals surface area contributed by atoms with Gasteiger partial charge in [-0.1, -0.05) is 12.1 Å². The Balaban J connectivity index is 2.51. The Morgan fingerprint density at radius 1 is 1.14 bits per heavy atom. The maximum Gasteiger partial charge on any atom is 0.262 e. The summed E-state index contributed by atoms with van der Waals surface area (Å²) in [5.41, 5.74) is 1.29. The van der Waals surface area contributed by atoms with Crippen LogP contribution < -0.4 is 4.72 Å². The molecule has 108 valence electrons. The van der Waals surface area contributed by atoms with Gasteiger partial charge in [0.05, 0.1) is 22.2 Å². The van der Waals surface area contributed by atoms with E-state index in [9.17, 15) is 8.42 Å². The predicted molar refractivity (Wildman–Crippen MR) is 88.5 cm³/mol. The molecule has 0 aliphatic carbocycles. The van der Waals surface area contributed by atoms with Crippen molar-refractivity contribution in [1.82, 2.24) is 0 Å².